The number of anilines is 3. The van der Waals surface area contributed by atoms with E-state index in [4.69, 9.17) is 9.47 Å². The summed E-state index contributed by atoms with van der Waals surface area (Å²) in [6.45, 7) is 5.89. The second-order valence-electron chi connectivity index (χ2n) is 11.0. The molecule has 0 unspecified atom stereocenters. The van der Waals surface area contributed by atoms with E-state index < -0.39 is 24.4 Å². The number of hydrogen-bond donors (Lipinski definition) is 3. The Labute approximate surface area is 244 Å². The molecule has 0 radical (unpaired) electrons. The van der Waals surface area contributed by atoms with Crippen molar-refractivity contribution in [3.8, 4) is 6.01 Å². The van der Waals surface area contributed by atoms with E-state index in [9.17, 15) is 22.8 Å². The van der Waals surface area contributed by atoms with Crippen molar-refractivity contribution < 1.29 is 32.2 Å². The van der Waals surface area contributed by atoms with E-state index in [1.807, 2.05) is 20.8 Å². The number of nitrogens with one attached hydrogen (secondary N) is 3. The van der Waals surface area contributed by atoms with E-state index in [1.165, 1.54) is 0 Å². The fraction of sp³-hybridized carbons (Fsp3) is 0.607. The standard InChI is InChI=1S/C28H40F3N7O4/c1-27(2,3)42-26(40)38-17-9-7-5-4-6-8-15-33-23-35-24(37-25(36-23)41-19-28(29,30)31)34-21-13-11-20(12-14-21)22(39)32-16-10-18-38/h11-14H,4-10,15-19H2,1-3H3,(H,32,39)(H2,33,34,35,36,37). The third-order valence-electron chi connectivity index (χ3n) is 6.06. The highest BCUT2D eigenvalue weighted by atomic mass is 19.4. The maximum absolute atomic E-state index is 12.7. The number of rotatable bonds is 2. The van der Waals surface area contributed by atoms with Crippen LogP contribution < -0.4 is 20.7 Å². The van der Waals surface area contributed by atoms with Crippen LogP contribution >= 0.6 is 0 Å². The molecule has 0 saturated heterocycles. The molecule has 1 aromatic carbocycles. The number of benzene rings is 1. The molecule has 232 valence electrons. The molecular weight excluding hydrogens is 555 g/mol. The summed E-state index contributed by atoms with van der Waals surface area (Å²) in [7, 11) is 0. The summed E-state index contributed by atoms with van der Waals surface area (Å²) in [5.41, 5.74) is 0.326. The molecular formula is C28H40F3N7O4. The van der Waals surface area contributed by atoms with Gasteiger partial charge in [-0.1, -0.05) is 25.7 Å². The van der Waals surface area contributed by atoms with Crippen LogP contribution in [0.15, 0.2) is 24.3 Å². The van der Waals surface area contributed by atoms with Crippen molar-refractivity contribution in [2.45, 2.75) is 77.5 Å². The van der Waals surface area contributed by atoms with Gasteiger partial charge in [0.15, 0.2) is 6.61 Å². The molecule has 3 N–H and O–H groups in total. The summed E-state index contributed by atoms with van der Waals surface area (Å²) >= 11 is 0. The first-order valence-electron chi connectivity index (χ1n) is 14.2. The van der Waals surface area contributed by atoms with Gasteiger partial charge in [0.2, 0.25) is 11.9 Å². The number of carbonyl (C=O) groups is 2. The second kappa shape index (κ2) is 15.4. The summed E-state index contributed by atoms with van der Waals surface area (Å²) in [6, 6.07) is 5.99. The monoisotopic (exact) mass is 595 g/mol. The first kappa shape index (κ1) is 32.7. The molecule has 0 atom stereocenters. The maximum atomic E-state index is 12.7. The molecule has 0 spiro atoms. The number of ether oxygens (including phenoxy) is 2. The minimum Gasteiger partial charge on any atom is -0.454 e. The number of hydrogen-bond acceptors (Lipinski definition) is 9. The van der Waals surface area contributed by atoms with Crippen molar-refractivity contribution in [2.75, 3.05) is 43.4 Å². The predicted octanol–water partition coefficient (Wildman–Crippen LogP) is 5.68. The van der Waals surface area contributed by atoms with Gasteiger partial charge in [-0.15, -0.1) is 0 Å². The zero-order valence-corrected chi connectivity index (χ0v) is 24.4. The largest absolute Gasteiger partial charge is 0.454 e. The van der Waals surface area contributed by atoms with Crippen LogP contribution in [0, 0.1) is 0 Å². The van der Waals surface area contributed by atoms with Crippen LogP contribution in [0.5, 0.6) is 6.01 Å². The highest BCUT2D eigenvalue weighted by Crippen LogP contribution is 2.21. The number of halogens is 3. The Balaban J connectivity index is 1.70. The normalized spacial score (nSPS) is 16.5. The van der Waals surface area contributed by atoms with Crippen LogP contribution in [0.4, 0.5) is 35.5 Å². The third kappa shape index (κ3) is 12.4. The summed E-state index contributed by atoms with van der Waals surface area (Å²) in [5.74, 6) is -0.200. The van der Waals surface area contributed by atoms with Crippen LogP contribution in [0.25, 0.3) is 0 Å². The number of aromatic nitrogens is 3. The van der Waals surface area contributed by atoms with Gasteiger partial charge >= 0.3 is 18.3 Å². The van der Waals surface area contributed by atoms with Gasteiger partial charge in [-0.05, 0) is 64.3 Å². The topological polar surface area (TPSA) is 131 Å². The molecule has 2 amide bonds. The Kier molecular flexibility index (Phi) is 12.0. The van der Waals surface area contributed by atoms with Crippen LogP contribution in [-0.2, 0) is 4.74 Å². The summed E-state index contributed by atoms with van der Waals surface area (Å²) in [4.78, 5) is 39.3. The summed E-state index contributed by atoms with van der Waals surface area (Å²) in [6.07, 6.45) is 1.16. The quantitative estimate of drug-likeness (QED) is 0.401. The molecule has 0 aliphatic carbocycles. The first-order valence-corrected chi connectivity index (χ1v) is 14.2. The van der Waals surface area contributed by atoms with Crippen LogP contribution in [0.1, 0.15) is 76.1 Å². The van der Waals surface area contributed by atoms with Crippen molar-refractivity contribution >= 4 is 29.6 Å². The molecule has 2 aliphatic heterocycles. The van der Waals surface area contributed by atoms with Crippen molar-refractivity contribution in [1.29, 1.82) is 0 Å². The molecule has 42 heavy (non-hydrogen) atoms. The molecule has 2 aliphatic rings. The van der Waals surface area contributed by atoms with Crippen LogP contribution in [0.3, 0.4) is 0 Å². The molecule has 0 fully saturated rings. The highest BCUT2D eigenvalue weighted by molar-refractivity contribution is 5.94. The Bertz CT molecular complexity index is 1160. The van der Waals surface area contributed by atoms with E-state index in [1.54, 1.807) is 29.2 Å². The van der Waals surface area contributed by atoms with Crippen molar-refractivity contribution in [1.82, 2.24) is 25.2 Å². The van der Waals surface area contributed by atoms with Gasteiger partial charge in [-0.3, -0.25) is 4.79 Å². The SMILES string of the molecule is CC(C)(C)OC(=O)N1CCCCCCCCNc2nc(nc(OCC(F)(F)F)n2)Nc2ccc(cc2)C(=O)NCCC1. The maximum Gasteiger partial charge on any atom is 0.422 e. The van der Waals surface area contributed by atoms with Gasteiger partial charge < -0.3 is 30.3 Å². The number of carbonyl (C=O) groups excluding carboxylic acids is 2. The molecule has 1 aromatic heterocycles. The van der Waals surface area contributed by atoms with Crippen LogP contribution in [0.2, 0.25) is 0 Å². The van der Waals surface area contributed by atoms with Gasteiger partial charge in [-0.2, -0.15) is 28.1 Å². The zero-order valence-electron chi connectivity index (χ0n) is 24.4. The molecule has 4 bridgehead atoms. The number of fused-ring (bicyclic) bond motifs is 16. The average Bonchev–Trinajstić information content (AvgIpc) is 2.90. The van der Waals surface area contributed by atoms with Gasteiger partial charge in [0.05, 0.1) is 0 Å². The van der Waals surface area contributed by atoms with E-state index in [0.29, 0.717) is 43.9 Å². The Morgan fingerprint density at radius 3 is 2.17 bits per heavy atom. The van der Waals surface area contributed by atoms with Crippen molar-refractivity contribution in [3.05, 3.63) is 29.8 Å². The average molecular weight is 596 g/mol. The second-order valence-corrected chi connectivity index (χ2v) is 11.0. The summed E-state index contributed by atoms with van der Waals surface area (Å²) < 4.78 is 48.4. The van der Waals surface area contributed by atoms with E-state index in [0.717, 1.165) is 38.5 Å². The lowest BCUT2D eigenvalue weighted by Crippen LogP contribution is -2.39. The highest BCUT2D eigenvalue weighted by Gasteiger charge is 2.29. The molecule has 4 rings (SSSR count). The fourth-order valence-electron chi connectivity index (χ4n) is 4.07. The first-order chi connectivity index (χ1) is 19.9. The minimum atomic E-state index is -4.54. The molecule has 0 saturated carbocycles. The van der Waals surface area contributed by atoms with Gasteiger partial charge in [0, 0.05) is 37.4 Å². The number of alkyl halides is 3. The Morgan fingerprint density at radius 1 is 0.857 bits per heavy atom. The minimum absolute atomic E-state index is 0.00481. The van der Waals surface area contributed by atoms with Crippen LogP contribution in [-0.4, -0.2) is 76.4 Å². The lowest BCUT2D eigenvalue weighted by Gasteiger charge is -2.27. The fourth-order valence-corrected chi connectivity index (χ4v) is 4.07. The van der Waals surface area contributed by atoms with Gasteiger partial charge in [0.25, 0.3) is 5.91 Å². The van der Waals surface area contributed by atoms with Gasteiger partial charge in [-0.25, -0.2) is 4.79 Å². The van der Waals surface area contributed by atoms with Crippen molar-refractivity contribution in [2.24, 2.45) is 0 Å². The summed E-state index contributed by atoms with van der Waals surface area (Å²) in [5, 5.41) is 8.81. The predicted molar refractivity (Wildman–Crippen MR) is 152 cm³/mol. The Morgan fingerprint density at radius 2 is 1.48 bits per heavy atom. The zero-order chi connectivity index (χ0) is 30.6. The van der Waals surface area contributed by atoms with E-state index in [2.05, 4.69) is 30.9 Å². The van der Waals surface area contributed by atoms with Gasteiger partial charge in [0.1, 0.15) is 5.60 Å². The smallest absolute Gasteiger partial charge is 0.422 e. The molecule has 11 nitrogen and oxygen atoms in total. The molecule has 3 heterocycles. The lowest BCUT2D eigenvalue weighted by molar-refractivity contribution is -0.154. The number of nitrogens with zero attached hydrogens (tertiary/aromatic N) is 4. The molecule has 2 aromatic rings. The van der Waals surface area contributed by atoms with Crippen molar-refractivity contribution in [3.63, 3.8) is 0 Å². The third-order valence-corrected chi connectivity index (χ3v) is 6.06. The molecule has 14 heteroatoms. The number of amides is 2. The lowest BCUT2D eigenvalue weighted by atomic mass is 10.1. The Hall–Kier alpha value is -3.84. The van der Waals surface area contributed by atoms with E-state index in [-0.39, 0.29) is 23.9 Å². The van der Waals surface area contributed by atoms with E-state index >= 15 is 0 Å².